The molecule has 0 N–H and O–H groups in total. The zero-order chi connectivity index (χ0) is 15.6. The van der Waals surface area contributed by atoms with Crippen LogP contribution in [0.2, 0.25) is 0 Å². The molecule has 5 nitrogen and oxygen atoms in total. The molecule has 3 aliphatic carbocycles. The third-order valence-corrected chi connectivity index (χ3v) is 6.92. The summed E-state index contributed by atoms with van der Waals surface area (Å²) in [5.74, 6) is 0.980. The molecule has 4 atom stereocenters. The second-order valence-electron chi connectivity index (χ2n) is 6.77. The number of nitrogens with zero attached hydrogens (tertiary/aromatic N) is 2. The number of fused-ring (bicyclic) bond motifs is 1. The van der Waals surface area contributed by atoms with E-state index in [0.29, 0.717) is 31.4 Å². The molecule has 0 bridgehead atoms. The molecule has 4 rings (SSSR count). The van der Waals surface area contributed by atoms with Gasteiger partial charge in [0, 0.05) is 36.6 Å². The second kappa shape index (κ2) is 4.61. The van der Waals surface area contributed by atoms with Crippen LogP contribution in [0.25, 0.3) is 0 Å². The van der Waals surface area contributed by atoms with E-state index in [1.807, 2.05) is 18.4 Å². The summed E-state index contributed by atoms with van der Waals surface area (Å²) >= 11 is 1.54. The van der Waals surface area contributed by atoms with Crippen LogP contribution < -0.4 is 4.80 Å². The maximum absolute atomic E-state index is 12.7. The topological polar surface area (TPSA) is 60.7 Å². The number of hydrogen-bond donors (Lipinski definition) is 0. The van der Waals surface area contributed by atoms with E-state index in [-0.39, 0.29) is 17.6 Å². The van der Waals surface area contributed by atoms with Crippen molar-refractivity contribution in [3.63, 3.8) is 0 Å². The number of ether oxygens (including phenoxy) is 1. The number of amides is 1. The monoisotopic (exact) mass is 320 g/mol. The lowest BCUT2D eigenvalue weighted by Crippen LogP contribution is -2.37. The van der Waals surface area contributed by atoms with Gasteiger partial charge in [0.05, 0.1) is 12.0 Å². The van der Waals surface area contributed by atoms with Crippen molar-refractivity contribution in [2.75, 3.05) is 13.7 Å². The van der Waals surface area contributed by atoms with Crippen LogP contribution in [0, 0.1) is 37.0 Å². The SMILES string of the molecule is COCCn1c(C)c(C)s/c1=N\C(=O)[C@@]12C[C@@H]3CC(=O)[C@@H]1C32. The average molecular weight is 320 g/mol. The van der Waals surface area contributed by atoms with Crippen molar-refractivity contribution in [1.82, 2.24) is 4.57 Å². The summed E-state index contributed by atoms with van der Waals surface area (Å²) in [6.07, 6.45) is 1.56. The van der Waals surface area contributed by atoms with Crippen LogP contribution in [0.4, 0.5) is 0 Å². The normalized spacial score (nSPS) is 35.5. The van der Waals surface area contributed by atoms with Gasteiger partial charge in [-0.15, -0.1) is 11.3 Å². The van der Waals surface area contributed by atoms with E-state index in [0.717, 1.165) is 16.9 Å². The third-order valence-electron chi connectivity index (χ3n) is 5.82. The number of rotatable bonds is 4. The zero-order valence-corrected chi connectivity index (χ0v) is 13.9. The quantitative estimate of drug-likeness (QED) is 0.844. The Balaban J connectivity index is 1.65. The maximum Gasteiger partial charge on any atom is 0.255 e. The van der Waals surface area contributed by atoms with Gasteiger partial charge >= 0.3 is 0 Å². The van der Waals surface area contributed by atoms with Crippen molar-refractivity contribution in [2.45, 2.75) is 33.2 Å². The summed E-state index contributed by atoms with van der Waals surface area (Å²) in [6, 6.07) is 0. The fourth-order valence-corrected chi connectivity index (χ4v) is 5.58. The summed E-state index contributed by atoms with van der Waals surface area (Å²) in [4.78, 5) is 30.9. The van der Waals surface area contributed by atoms with E-state index in [1.54, 1.807) is 18.4 Å². The number of carbonyl (C=O) groups is 2. The Labute approximate surface area is 133 Å². The molecule has 22 heavy (non-hydrogen) atoms. The Morgan fingerprint density at radius 1 is 1.50 bits per heavy atom. The van der Waals surface area contributed by atoms with Gasteiger partial charge in [-0.05, 0) is 32.1 Å². The van der Waals surface area contributed by atoms with Gasteiger partial charge in [0.2, 0.25) is 0 Å². The predicted molar refractivity (Wildman–Crippen MR) is 81.4 cm³/mol. The fraction of sp³-hybridized carbons (Fsp3) is 0.688. The number of thiazole rings is 1. The number of ketones is 1. The highest BCUT2D eigenvalue weighted by molar-refractivity contribution is 7.09. The number of carbonyl (C=O) groups excluding carboxylic acids is 2. The molecule has 0 radical (unpaired) electrons. The van der Waals surface area contributed by atoms with E-state index < -0.39 is 5.41 Å². The molecule has 1 heterocycles. The third kappa shape index (κ3) is 1.65. The standard InChI is InChI=1S/C16H20N2O3S/c1-8-9(2)22-15(18(8)4-5-21-3)17-14(20)16-7-10-6-11(19)13(16)12(10)16/h10,12-13H,4-7H2,1-3H3/b17-15-/t10-,12?,13+,16+/m0/s1. The molecule has 1 aromatic rings. The summed E-state index contributed by atoms with van der Waals surface area (Å²) in [6.45, 7) is 5.37. The molecule has 6 heteroatoms. The molecule has 0 saturated heterocycles. The van der Waals surface area contributed by atoms with Crippen LogP contribution >= 0.6 is 11.3 Å². The van der Waals surface area contributed by atoms with Crippen LogP contribution in [0.5, 0.6) is 0 Å². The van der Waals surface area contributed by atoms with Gasteiger partial charge in [-0.2, -0.15) is 4.99 Å². The number of aryl methyl sites for hydroxylation is 1. The van der Waals surface area contributed by atoms with Gasteiger partial charge in [-0.1, -0.05) is 0 Å². The molecular formula is C16H20N2O3S. The largest absolute Gasteiger partial charge is 0.383 e. The summed E-state index contributed by atoms with van der Waals surface area (Å²) < 4.78 is 7.19. The molecule has 3 saturated carbocycles. The van der Waals surface area contributed by atoms with Gasteiger partial charge in [0.1, 0.15) is 5.78 Å². The molecule has 1 unspecified atom stereocenters. The van der Waals surface area contributed by atoms with Crippen molar-refractivity contribution in [1.29, 1.82) is 0 Å². The molecule has 118 valence electrons. The summed E-state index contributed by atoms with van der Waals surface area (Å²) in [5.41, 5.74) is 0.717. The predicted octanol–water partition coefficient (Wildman–Crippen LogP) is 1.47. The number of Topliss-reactive ketones (excluding diaryl/α,β-unsaturated/α-hetero) is 1. The van der Waals surface area contributed by atoms with E-state index in [2.05, 4.69) is 4.99 Å². The van der Waals surface area contributed by atoms with E-state index in [4.69, 9.17) is 4.74 Å². The first-order chi connectivity index (χ1) is 10.5. The summed E-state index contributed by atoms with van der Waals surface area (Å²) in [7, 11) is 1.67. The first-order valence-electron chi connectivity index (χ1n) is 7.78. The molecular weight excluding hydrogens is 300 g/mol. The molecule has 0 spiro atoms. The Hall–Kier alpha value is -1.27. The van der Waals surface area contributed by atoms with Crippen LogP contribution in [-0.2, 0) is 20.9 Å². The molecule has 3 fully saturated rings. The zero-order valence-electron chi connectivity index (χ0n) is 13.1. The Morgan fingerprint density at radius 3 is 2.91 bits per heavy atom. The van der Waals surface area contributed by atoms with Gasteiger partial charge in [-0.3, -0.25) is 9.59 Å². The van der Waals surface area contributed by atoms with Crippen molar-refractivity contribution in [3.05, 3.63) is 15.4 Å². The number of methoxy groups -OCH3 is 1. The van der Waals surface area contributed by atoms with Crippen molar-refractivity contribution in [2.24, 2.45) is 28.2 Å². The van der Waals surface area contributed by atoms with Crippen LogP contribution in [0.1, 0.15) is 23.4 Å². The Kier molecular flexibility index (Phi) is 3.01. The van der Waals surface area contributed by atoms with Crippen molar-refractivity contribution < 1.29 is 14.3 Å². The molecule has 1 amide bonds. The minimum absolute atomic E-state index is 0.0108. The van der Waals surface area contributed by atoms with Gasteiger partial charge in [-0.25, -0.2) is 0 Å². The highest BCUT2D eigenvalue weighted by atomic mass is 32.1. The van der Waals surface area contributed by atoms with Crippen molar-refractivity contribution >= 4 is 23.0 Å². The lowest BCUT2D eigenvalue weighted by molar-refractivity contribution is -0.134. The molecule has 0 aromatic carbocycles. The van der Waals surface area contributed by atoms with Crippen LogP contribution in [-0.4, -0.2) is 30.0 Å². The average Bonchev–Trinajstić information content (AvgIpc) is 2.78. The van der Waals surface area contributed by atoms with Crippen molar-refractivity contribution in [3.8, 4) is 0 Å². The van der Waals surface area contributed by atoms with Crippen LogP contribution in [0.15, 0.2) is 4.99 Å². The first kappa shape index (κ1) is 14.3. The number of hydrogen-bond acceptors (Lipinski definition) is 4. The Morgan fingerprint density at radius 2 is 2.27 bits per heavy atom. The molecule has 1 aromatic heterocycles. The molecule has 3 aliphatic rings. The lowest BCUT2D eigenvalue weighted by atomic mass is 9.70. The van der Waals surface area contributed by atoms with E-state index >= 15 is 0 Å². The minimum Gasteiger partial charge on any atom is -0.383 e. The van der Waals surface area contributed by atoms with Crippen LogP contribution in [0.3, 0.4) is 0 Å². The second-order valence-corrected chi connectivity index (χ2v) is 7.95. The van der Waals surface area contributed by atoms with Gasteiger partial charge < -0.3 is 9.30 Å². The van der Waals surface area contributed by atoms with E-state index in [9.17, 15) is 9.59 Å². The Bertz CT molecular complexity index is 747. The highest BCUT2D eigenvalue weighted by Crippen LogP contribution is 2.80. The highest BCUT2D eigenvalue weighted by Gasteiger charge is 2.84. The van der Waals surface area contributed by atoms with Gasteiger partial charge in [0.15, 0.2) is 4.80 Å². The summed E-state index contributed by atoms with van der Waals surface area (Å²) in [5, 5.41) is 0. The molecule has 0 aliphatic heterocycles. The first-order valence-corrected chi connectivity index (χ1v) is 8.60. The van der Waals surface area contributed by atoms with Gasteiger partial charge in [0.25, 0.3) is 5.91 Å². The minimum atomic E-state index is -0.412. The maximum atomic E-state index is 12.7. The number of aromatic nitrogens is 1. The van der Waals surface area contributed by atoms with E-state index in [1.165, 1.54) is 4.88 Å². The lowest BCUT2D eigenvalue weighted by Gasteiger charge is -2.32. The smallest absolute Gasteiger partial charge is 0.255 e. The fourth-order valence-electron chi connectivity index (χ4n) is 4.58.